The zero-order valence-electron chi connectivity index (χ0n) is 18.6. The molecule has 2 saturated heterocycles. The third-order valence-electron chi connectivity index (χ3n) is 6.59. The quantitative estimate of drug-likeness (QED) is 0.585. The van der Waals surface area contributed by atoms with E-state index in [-0.39, 0.29) is 36.3 Å². The number of anilines is 1. The van der Waals surface area contributed by atoms with Crippen LogP contribution in [-0.4, -0.2) is 68.5 Å². The predicted molar refractivity (Wildman–Crippen MR) is 119 cm³/mol. The van der Waals surface area contributed by atoms with E-state index in [1.165, 1.54) is 16.8 Å². The van der Waals surface area contributed by atoms with Gasteiger partial charge < -0.3 is 20.2 Å². The van der Waals surface area contributed by atoms with Gasteiger partial charge in [-0.15, -0.1) is 0 Å². The molecule has 35 heavy (non-hydrogen) atoms. The summed E-state index contributed by atoms with van der Waals surface area (Å²) in [6, 6.07) is 3.82. The minimum atomic E-state index is -1.54. The van der Waals surface area contributed by atoms with Crippen molar-refractivity contribution in [3.8, 4) is 0 Å². The number of piperidine rings is 1. The molecule has 184 valence electrons. The van der Waals surface area contributed by atoms with E-state index >= 15 is 0 Å². The molecule has 2 aliphatic rings. The van der Waals surface area contributed by atoms with E-state index in [0.717, 1.165) is 23.5 Å². The Kier molecular flexibility index (Phi) is 5.95. The number of fused-ring (bicyclic) bond motifs is 1. The molecule has 12 heteroatoms. The molecule has 9 nitrogen and oxygen atoms in total. The smallest absolute Gasteiger partial charge is 0.407 e. The number of aromatic nitrogens is 3. The second-order valence-corrected chi connectivity index (χ2v) is 8.74. The van der Waals surface area contributed by atoms with Crippen LogP contribution in [0.3, 0.4) is 0 Å². The van der Waals surface area contributed by atoms with E-state index in [0.29, 0.717) is 18.8 Å². The lowest BCUT2D eigenvalue weighted by Crippen LogP contribution is -2.53. The van der Waals surface area contributed by atoms with E-state index in [4.69, 9.17) is 5.11 Å². The first kappa shape index (κ1) is 22.9. The summed E-state index contributed by atoms with van der Waals surface area (Å²) in [5.74, 6) is -1.11. The molecular weight excluding hydrogens is 465 g/mol. The molecule has 0 saturated carbocycles. The van der Waals surface area contributed by atoms with Crippen LogP contribution in [0.15, 0.2) is 36.7 Å². The number of nitrogens with one attached hydrogen (secondary N) is 1. The van der Waals surface area contributed by atoms with Crippen LogP contribution in [0, 0.1) is 11.6 Å². The Bertz CT molecular complexity index is 1280. The molecule has 0 radical (unpaired) electrons. The normalized spacial score (nSPS) is 22.5. The van der Waals surface area contributed by atoms with Gasteiger partial charge >= 0.3 is 6.09 Å². The number of carbonyl (C=O) groups is 2. The van der Waals surface area contributed by atoms with Gasteiger partial charge in [-0.25, -0.2) is 27.5 Å². The molecule has 3 aromatic rings. The van der Waals surface area contributed by atoms with Crippen LogP contribution in [0.2, 0.25) is 0 Å². The molecule has 2 aromatic heterocycles. The maximum Gasteiger partial charge on any atom is 0.407 e. The van der Waals surface area contributed by atoms with Crippen LogP contribution < -0.4 is 10.2 Å². The summed E-state index contributed by atoms with van der Waals surface area (Å²) in [5, 5.41) is 15.8. The minimum absolute atomic E-state index is 0.116. The SMILES string of the molecule is O=C(NC1CCN(C(=O)O)CC1F)c1cnn2ccc(N3CCCC3c3cc(F)ccc3F)nc12. The molecule has 1 aromatic carbocycles. The Morgan fingerprint density at radius 2 is 1.97 bits per heavy atom. The molecule has 3 unspecified atom stereocenters. The molecule has 2 aliphatic heterocycles. The fourth-order valence-corrected chi connectivity index (χ4v) is 4.80. The highest BCUT2D eigenvalue weighted by Crippen LogP contribution is 2.36. The summed E-state index contributed by atoms with van der Waals surface area (Å²) in [5.41, 5.74) is 0.619. The van der Waals surface area contributed by atoms with E-state index in [2.05, 4.69) is 15.4 Å². The molecule has 0 spiro atoms. The molecule has 2 fully saturated rings. The van der Waals surface area contributed by atoms with Gasteiger partial charge in [-0.1, -0.05) is 0 Å². The first-order valence-corrected chi connectivity index (χ1v) is 11.3. The summed E-state index contributed by atoms with van der Waals surface area (Å²) < 4.78 is 44.2. The van der Waals surface area contributed by atoms with Crippen molar-refractivity contribution in [2.45, 2.75) is 37.5 Å². The molecule has 3 atom stereocenters. The van der Waals surface area contributed by atoms with Crippen molar-refractivity contribution < 1.29 is 27.9 Å². The summed E-state index contributed by atoms with van der Waals surface area (Å²) in [6.07, 6.45) is 1.73. The van der Waals surface area contributed by atoms with Crippen molar-refractivity contribution in [3.63, 3.8) is 0 Å². The first-order valence-electron chi connectivity index (χ1n) is 11.3. The van der Waals surface area contributed by atoms with Crippen molar-refractivity contribution in [1.29, 1.82) is 0 Å². The van der Waals surface area contributed by atoms with Crippen molar-refractivity contribution in [2.75, 3.05) is 24.5 Å². The number of alkyl halides is 1. The maximum atomic E-state index is 14.5. The van der Waals surface area contributed by atoms with Crippen LogP contribution in [0.5, 0.6) is 0 Å². The van der Waals surface area contributed by atoms with Gasteiger partial charge in [-0.05, 0) is 43.5 Å². The molecular formula is C23H23F3N6O3. The Hall–Kier alpha value is -3.83. The Morgan fingerprint density at radius 1 is 1.14 bits per heavy atom. The van der Waals surface area contributed by atoms with Crippen LogP contribution in [-0.2, 0) is 0 Å². The van der Waals surface area contributed by atoms with Crippen LogP contribution in [0.4, 0.5) is 23.8 Å². The predicted octanol–water partition coefficient (Wildman–Crippen LogP) is 3.17. The Balaban J connectivity index is 1.38. The average molecular weight is 488 g/mol. The fourth-order valence-electron chi connectivity index (χ4n) is 4.80. The van der Waals surface area contributed by atoms with Gasteiger partial charge in [-0.3, -0.25) is 4.79 Å². The van der Waals surface area contributed by atoms with Crippen LogP contribution in [0.25, 0.3) is 5.65 Å². The molecule has 0 bridgehead atoms. The summed E-state index contributed by atoms with van der Waals surface area (Å²) in [7, 11) is 0. The van der Waals surface area contributed by atoms with E-state index in [1.54, 1.807) is 12.3 Å². The highest BCUT2D eigenvalue weighted by molar-refractivity contribution is 6.00. The summed E-state index contributed by atoms with van der Waals surface area (Å²) >= 11 is 0. The highest BCUT2D eigenvalue weighted by atomic mass is 19.1. The van der Waals surface area contributed by atoms with Crippen molar-refractivity contribution in [1.82, 2.24) is 24.8 Å². The van der Waals surface area contributed by atoms with Gasteiger partial charge in [0.15, 0.2) is 5.65 Å². The van der Waals surface area contributed by atoms with Crippen LogP contribution >= 0.6 is 0 Å². The highest BCUT2D eigenvalue weighted by Gasteiger charge is 2.34. The second-order valence-electron chi connectivity index (χ2n) is 8.74. The third-order valence-corrected chi connectivity index (χ3v) is 6.59. The number of benzene rings is 1. The molecule has 2 amide bonds. The fraction of sp³-hybridized carbons (Fsp3) is 0.391. The first-order chi connectivity index (χ1) is 16.8. The number of amides is 2. The molecule has 2 N–H and O–H groups in total. The molecule has 0 aliphatic carbocycles. The standard InChI is InChI=1S/C23H23F3N6O3/c24-13-3-4-16(25)14(10-13)19-2-1-7-31(19)20-6-9-32-21(29-20)15(11-27-32)22(33)28-18-5-8-30(23(34)35)12-17(18)26/h3-4,6,9-11,17-19H,1-2,5,7-8,12H2,(H,28,33)(H,34,35). The third kappa shape index (κ3) is 4.35. The Morgan fingerprint density at radius 3 is 2.74 bits per heavy atom. The lowest BCUT2D eigenvalue weighted by molar-refractivity contribution is 0.0754. The zero-order chi connectivity index (χ0) is 24.7. The van der Waals surface area contributed by atoms with Gasteiger partial charge in [0.1, 0.15) is 29.2 Å². The summed E-state index contributed by atoms with van der Waals surface area (Å²) in [6.45, 7) is 0.375. The van der Waals surface area contributed by atoms with Gasteiger partial charge in [0.2, 0.25) is 0 Å². The monoisotopic (exact) mass is 488 g/mol. The summed E-state index contributed by atoms with van der Waals surface area (Å²) in [4.78, 5) is 31.4. The molecule has 5 rings (SSSR count). The number of rotatable bonds is 4. The van der Waals surface area contributed by atoms with Crippen molar-refractivity contribution >= 4 is 23.5 Å². The van der Waals surface area contributed by atoms with Gasteiger partial charge in [0, 0.05) is 24.8 Å². The topological polar surface area (TPSA) is 103 Å². The van der Waals surface area contributed by atoms with Crippen molar-refractivity contribution in [2.24, 2.45) is 0 Å². The second kappa shape index (κ2) is 9.08. The zero-order valence-corrected chi connectivity index (χ0v) is 18.6. The van der Waals surface area contributed by atoms with Gasteiger partial charge in [-0.2, -0.15) is 5.10 Å². The van der Waals surface area contributed by atoms with Gasteiger partial charge in [0.25, 0.3) is 5.91 Å². The maximum absolute atomic E-state index is 14.5. The van der Waals surface area contributed by atoms with E-state index < -0.39 is 41.9 Å². The largest absolute Gasteiger partial charge is 0.465 e. The number of nitrogens with zero attached hydrogens (tertiary/aromatic N) is 5. The number of hydrogen-bond donors (Lipinski definition) is 2. The lowest BCUT2D eigenvalue weighted by atomic mass is 10.0. The number of carbonyl (C=O) groups excluding carboxylic acids is 1. The van der Waals surface area contributed by atoms with Crippen LogP contribution in [0.1, 0.15) is 41.2 Å². The van der Waals surface area contributed by atoms with Crippen molar-refractivity contribution in [3.05, 3.63) is 59.4 Å². The van der Waals surface area contributed by atoms with E-state index in [1.807, 2.05) is 4.90 Å². The van der Waals surface area contributed by atoms with Gasteiger partial charge in [0.05, 0.1) is 24.8 Å². The Labute approximate surface area is 198 Å². The average Bonchev–Trinajstić information content (AvgIpc) is 3.48. The number of halogens is 3. The molecule has 4 heterocycles. The lowest BCUT2D eigenvalue weighted by Gasteiger charge is -2.33. The minimum Gasteiger partial charge on any atom is -0.465 e. The number of hydrogen-bond acceptors (Lipinski definition) is 5. The van der Waals surface area contributed by atoms with E-state index in [9.17, 15) is 22.8 Å². The number of likely N-dealkylation sites (tertiary alicyclic amines) is 1. The number of carboxylic acid groups (broad SMARTS) is 1.